The Morgan fingerprint density at radius 2 is 2.18 bits per heavy atom. The number of hydrogen-bond donors (Lipinski definition) is 3. The third-order valence-electron chi connectivity index (χ3n) is 1.07. The molecule has 0 fully saturated rings. The van der Waals surface area contributed by atoms with E-state index in [2.05, 4.69) is 10.3 Å². The van der Waals surface area contributed by atoms with E-state index >= 15 is 0 Å². The fraction of sp³-hybridized carbons (Fsp3) is 0.667. The van der Waals surface area contributed by atoms with Crippen molar-refractivity contribution in [2.24, 2.45) is 16.5 Å². The Morgan fingerprint density at radius 3 is 2.55 bits per heavy atom. The summed E-state index contributed by atoms with van der Waals surface area (Å²) in [6.45, 7) is 4.05. The molecule has 0 aliphatic rings. The molecule has 0 rings (SSSR count). The minimum atomic E-state index is -0.500. The van der Waals surface area contributed by atoms with Gasteiger partial charge >= 0.3 is 0 Å². The van der Waals surface area contributed by atoms with Crippen LogP contribution in [0.1, 0.15) is 13.8 Å². The van der Waals surface area contributed by atoms with E-state index in [-0.39, 0.29) is 11.9 Å². The summed E-state index contributed by atoms with van der Waals surface area (Å²) in [5, 5.41) is 2.59. The van der Waals surface area contributed by atoms with Crippen LogP contribution in [0.5, 0.6) is 0 Å². The van der Waals surface area contributed by atoms with Crippen molar-refractivity contribution in [3.05, 3.63) is 0 Å². The number of nitrogens with one attached hydrogen (secondary N) is 1. The molecule has 1 amide bonds. The van der Waals surface area contributed by atoms with Crippen molar-refractivity contribution in [1.82, 2.24) is 5.32 Å². The minimum Gasteiger partial charge on any atom is -0.370 e. The van der Waals surface area contributed by atoms with Crippen LogP contribution in [0.25, 0.3) is 0 Å². The van der Waals surface area contributed by atoms with Crippen LogP contribution in [-0.2, 0) is 4.79 Å². The maximum Gasteiger partial charge on any atom is 0.244 e. The zero-order valence-corrected chi connectivity index (χ0v) is 6.79. The number of amides is 1. The molecule has 0 aliphatic carbocycles. The van der Waals surface area contributed by atoms with Crippen LogP contribution >= 0.6 is 0 Å². The second-order valence-corrected chi connectivity index (χ2v) is 2.12. The van der Waals surface area contributed by atoms with Gasteiger partial charge in [-0.2, -0.15) is 0 Å². The van der Waals surface area contributed by atoms with Crippen LogP contribution in [0.4, 0.5) is 0 Å². The van der Waals surface area contributed by atoms with Crippen LogP contribution < -0.4 is 16.8 Å². The largest absolute Gasteiger partial charge is 0.370 e. The molecule has 5 N–H and O–H groups in total. The Labute approximate surface area is 65.9 Å². The van der Waals surface area contributed by atoms with Gasteiger partial charge in [-0.1, -0.05) is 0 Å². The second kappa shape index (κ2) is 4.54. The maximum absolute atomic E-state index is 10.9. The highest BCUT2D eigenvalue weighted by Gasteiger charge is 2.08. The summed E-state index contributed by atoms with van der Waals surface area (Å²) in [6.07, 6.45) is 0. The fourth-order valence-corrected chi connectivity index (χ4v) is 0.604. The predicted molar refractivity (Wildman–Crippen MR) is 44.0 cm³/mol. The highest BCUT2D eigenvalue weighted by atomic mass is 16.2. The molecule has 64 valence electrons. The molecule has 11 heavy (non-hydrogen) atoms. The molecule has 0 saturated heterocycles. The lowest BCUT2D eigenvalue weighted by atomic mass is 10.3. The first-order valence-corrected chi connectivity index (χ1v) is 3.44. The molecule has 5 nitrogen and oxygen atoms in total. The van der Waals surface area contributed by atoms with Crippen molar-refractivity contribution in [3.63, 3.8) is 0 Å². The first kappa shape index (κ1) is 9.74. The van der Waals surface area contributed by atoms with E-state index in [1.54, 1.807) is 6.92 Å². The lowest BCUT2D eigenvalue weighted by molar-refractivity contribution is -0.121. The van der Waals surface area contributed by atoms with Gasteiger partial charge in [0.1, 0.15) is 6.04 Å². The Balaban J connectivity index is 3.93. The zero-order valence-electron chi connectivity index (χ0n) is 6.79. The standard InChI is InChI=1S/C6H14N4O/c1-3-9-5(11)4(2)10-6(7)8/h4H,3H2,1-2H3,(H,9,11)(H4,7,8,10). The van der Waals surface area contributed by atoms with E-state index in [0.717, 1.165) is 0 Å². The smallest absolute Gasteiger partial charge is 0.244 e. The van der Waals surface area contributed by atoms with E-state index in [0.29, 0.717) is 6.54 Å². The topological polar surface area (TPSA) is 93.5 Å². The number of guanidine groups is 1. The monoisotopic (exact) mass is 158 g/mol. The summed E-state index contributed by atoms with van der Waals surface area (Å²) >= 11 is 0. The summed E-state index contributed by atoms with van der Waals surface area (Å²) in [5.41, 5.74) is 10.2. The number of aliphatic imine (C=N–C) groups is 1. The van der Waals surface area contributed by atoms with Gasteiger partial charge in [0.2, 0.25) is 5.91 Å². The van der Waals surface area contributed by atoms with Gasteiger partial charge in [0.15, 0.2) is 5.96 Å². The maximum atomic E-state index is 10.9. The molecule has 0 aliphatic heterocycles. The van der Waals surface area contributed by atoms with Crippen molar-refractivity contribution >= 4 is 11.9 Å². The van der Waals surface area contributed by atoms with E-state index in [1.807, 2.05) is 6.92 Å². The van der Waals surface area contributed by atoms with Gasteiger partial charge < -0.3 is 16.8 Å². The molecule has 1 atom stereocenters. The molecular formula is C6H14N4O. The average molecular weight is 158 g/mol. The molecule has 0 aromatic carbocycles. The molecule has 0 aromatic heterocycles. The highest BCUT2D eigenvalue weighted by molar-refractivity contribution is 5.85. The van der Waals surface area contributed by atoms with Crippen molar-refractivity contribution in [2.75, 3.05) is 6.54 Å². The van der Waals surface area contributed by atoms with Gasteiger partial charge in [-0.25, -0.2) is 4.99 Å². The number of carbonyl (C=O) groups is 1. The molecule has 5 heteroatoms. The quantitative estimate of drug-likeness (QED) is 0.355. The van der Waals surface area contributed by atoms with Crippen molar-refractivity contribution in [1.29, 1.82) is 0 Å². The van der Waals surface area contributed by atoms with Gasteiger partial charge in [0.05, 0.1) is 0 Å². The lowest BCUT2D eigenvalue weighted by Gasteiger charge is -2.05. The van der Waals surface area contributed by atoms with Crippen molar-refractivity contribution in [3.8, 4) is 0 Å². The third kappa shape index (κ3) is 4.19. The number of nitrogens with two attached hydrogens (primary N) is 2. The first-order chi connectivity index (χ1) is 5.07. The Hall–Kier alpha value is -1.26. The molecule has 0 spiro atoms. The van der Waals surface area contributed by atoms with E-state index in [4.69, 9.17) is 11.5 Å². The van der Waals surface area contributed by atoms with E-state index in [1.165, 1.54) is 0 Å². The van der Waals surface area contributed by atoms with Crippen LogP contribution in [0.15, 0.2) is 4.99 Å². The molecule has 0 bridgehead atoms. The first-order valence-electron chi connectivity index (χ1n) is 3.44. The van der Waals surface area contributed by atoms with Crippen LogP contribution in [0, 0.1) is 0 Å². The summed E-state index contributed by atoms with van der Waals surface area (Å²) in [4.78, 5) is 14.6. The van der Waals surface area contributed by atoms with Crippen molar-refractivity contribution in [2.45, 2.75) is 19.9 Å². The predicted octanol–water partition coefficient (Wildman–Crippen LogP) is -1.22. The van der Waals surface area contributed by atoms with E-state index < -0.39 is 6.04 Å². The summed E-state index contributed by atoms with van der Waals surface area (Å²) < 4.78 is 0. The van der Waals surface area contributed by atoms with Gasteiger partial charge in [0, 0.05) is 6.54 Å². The number of hydrogen-bond acceptors (Lipinski definition) is 2. The number of likely N-dealkylation sites (N-methyl/N-ethyl adjacent to an activating group) is 1. The Morgan fingerprint density at radius 1 is 1.64 bits per heavy atom. The molecule has 0 aromatic rings. The SMILES string of the molecule is CCNC(=O)C(C)N=C(N)N. The molecular weight excluding hydrogens is 144 g/mol. The summed E-state index contributed by atoms with van der Waals surface area (Å²) in [5.74, 6) is -0.232. The minimum absolute atomic E-state index is 0.0660. The molecule has 1 unspecified atom stereocenters. The van der Waals surface area contributed by atoms with Gasteiger partial charge in [0.25, 0.3) is 0 Å². The molecule has 0 saturated carbocycles. The van der Waals surface area contributed by atoms with Gasteiger partial charge in [-0.3, -0.25) is 4.79 Å². The Bertz CT molecular complexity index is 162. The van der Waals surface area contributed by atoms with E-state index in [9.17, 15) is 4.79 Å². The number of carbonyl (C=O) groups excluding carboxylic acids is 1. The third-order valence-corrected chi connectivity index (χ3v) is 1.07. The average Bonchev–Trinajstić information content (AvgIpc) is 1.86. The van der Waals surface area contributed by atoms with Crippen molar-refractivity contribution < 1.29 is 4.79 Å². The zero-order chi connectivity index (χ0) is 8.85. The molecule has 0 heterocycles. The summed E-state index contributed by atoms with van der Waals surface area (Å²) in [6, 6.07) is -0.500. The van der Waals surface area contributed by atoms with Crippen LogP contribution in [-0.4, -0.2) is 24.5 Å². The van der Waals surface area contributed by atoms with Crippen LogP contribution in [0.2, 0.25) is 0 Å². The normalized spacial score (nSPS) is 11.8. The van der Waals surface area contributed by atoms with Gasteiger partial charge in [-0.05, 0) is 13.8 Å². The van der Waals surface area contributed by atoms with Crippen LogP contribution in [0.3, 0.4) is 0 Å². The van der Waals surface area contributed by atoms with Gasteiger partial charge in [-0.15, -0.1) is 0 Å². The Kier molecular flexibility index (Phi) is 4.02. The fourth-order valence-electron chi connectivity index (χ4n) is 0.604. The lowest BCUT2D eigenvalue weighted by Crippen LogP contribution is -2.34. The summed E-state index contributed by atoms with van der Waals surface area (Å²) in [7, 11) is 0. The second-order valence-electron chi connectivity index (χ2n) is 2.12. The number of nitrogens with zero attached hydrogens (tertiary/aromatic N) is 1. The number of rotatable bonds is 3. The highest BCUT2D eigenvalue weighted by Crippen LogP contribution is 1.87. The molecule has 0 radical (unpaired) electrons.